The molecule has 0 N–H and O–H groups in total. The Kier molecular flexibility index (Phi) is 2.92. The van der Waals surface area contributed by atoms with Crippen molar-refractivity contribution >= 4 is 0 Å². The molecule has 0 amide bonds. The van der Waals surface area contributed by atoms with Gasteiger partial charge in [0.25, 0.3) is 0 Å². The summed E-state index contributed by atoms with van der Waals surface area (Å²) in [7, 11) is 0. The minimum atomic E-state index is 0.409. The van der Waals surface area contributed by atoms with Crippen molar-refractivity contribution in [2.75, 3.05) is 0 Å². The average molecular weight is 149 g/mol. The molecule has 0 aliphatic carbocycles. The van der Waals surface area contributed by atoms with Crippen LogP contribution in [0.5, 0.6) is 0 Å². The lowest BCUT2D eigenvalue weighted by atomic mass is 10.2. The summed E-state index contributed by atoms with van der Waals surface area (Å²) in [6.07, 6.45) is 0. The van der Waals surface area contributed by atoms with Crippen molar-refractivity contribution in [1.82, 2.24) is 0 Å². The molecule has 0 aliphatic rings. The Morgan fingerprint density at radius 1 is 1.18 bits per heavy atom. The van der Waals surface area contributed by atoms with Gasteiger partial charge in [0.2, 0.25) is 0 Å². The molecule has 0 fully saturated rings. The summed E-state index contributed by atoms with van der Waals surface area (Å²) in [4.78, 5) is 9.48. The fourth-order valence-electron chi connectivity index (χ4n) is 0.723. The molecule has 0 aliphatic heterocycles. The SMILES string of the molecule is O=NN=NCc1ccccc1. The topological polar surface area (TPSA) is 54.1 Å². The van der Waals surface area contributed by atoms with Crippen molar-refractivity contribution in [3.63, 3.8) is 0 Å². The molecule has 0 atom stereocenters. The highest BCUT2D eigenvalue weighted by molar-refractivity contribution is 5.13. The fourth-order valence-corrected chi connectivity index (χ4v) is 0.723. The van der Waals surface area contributed by atoms with E-state index >= 15 is 0 Å². The van der Waals surface area contributed by atoms with Crippen LogP contribution in [0.2, 0.25) is 0 Å². The first-order valence-corrected chi connectivity index (χ1v) is 3.16. The normalized spacial score (nSPS) is 10.2. The van der Waals surface area contributed by atoms with Gasteiger partial charge in [0.15, 0.2) is 0 Å². The fraction of sp³-hybridized carbons (Fsp3) is 0.143. The van der Waals surface area contributed by atoms with Crippen LogP contribution in [-0.4, -0.2) is 0 Å². The van der Waals surface area contributed by atoms with Gasteiger partial charge < -0.3 is 0 Å². The molecule has 0 bridgehead atoms. The number of nitrogens with zero attached hydrogens (tertiary/aromatic N) is 3. The van der Waals surface area contributed by atoms with E-state index in [0.717, 1.165) is 5.56 Å². The maximum Gasteiger partial charge on any atom is 0.100 e. The Bertz CT molecular complexity index is 245. The van der Waals surface area contributed by atoms with Crippen molar-refractivity contribution in [3.05, 3.63) is 40.8 Å². The smallest absolute Gasteiger partial charge is 0.100 e. The maximum atomic E-state index is 9.48. The lowest BCUT2D eigenvalue weighted by Crippen LogP contribution is -1.76. The molecule has 0 radical (unpaired) electrons. The number of hydrogen-bond acceptors (Lipinski definition) is 2. The van der Waals surface area contributed by atoms with E-state index in [9.17, 15) is 4.91 Å². The van der Waals surface area contributed by atoms with Crippen molar-refractivity contribution in [3.8, 4) is 0 Å². The van der Waals surface area contributed by atoms with E-state index in [2.05, 4.69) is 15.6 Å². The highest BCUT2D eigenvalue weighted by Crippen LogP contribution is 1.99. The summed E-state index contributed by atoms with van der Waals surface area (Å²) < 4.78 is 0. The van der Waals surface area contributed by atoms with E-state index in [1.807, 2.05) is 30.3 Å². The highest BCUT2D eigenvalue weighted by atomic mass is 16.3. The van der Waals surface area contributed by atoms with Crippen LogP contribution in [0, 0.1) is 4.91 Å². The Morgan fingerprint density at radius 3 is 2.55 bits per heavy atom. The Morgan fingerprint density at radius 2 is 1.91 bits per heavy atom. The monoisotopic (exact) mass is 149 g/mol. The van der Waals surface area contributed by atoms with Crippen LogP contribution >= 0.6 is 0 Å². The molecule has 0 unspecified atom stereocenters. The van der Waals surface area contributed by atoms with Crippen LogP contribution in [0.15, 0.2) is 46.0 Å². The van der Waals surface area contributed by atoms with Crippen LogP contribution in [0.3, 0.4) is 0 Å². The summed E-state index contributed by atoms with van der Waals surface area (Å²) in [5, 5.41) is 8.73. The Hall–Kier alpha value is -1.58. The van der Waals surface area contributed by atoms with Crippen LogP contribution in [0.4, 0.5) is 0 Å². The zero-order valence-corrected chi connectivity index (χ0v) is 5.84. The standard InChI is InChI=1S/C7H7N3O/c11-10-9-8-6-7-4-2-1-3-5-7/h1-5H,6H2. The minimum Gasteiger partial charge on any atom is -0.161 e. The first-order chi connectivity index (χ1) is 5.43. The Labute approximate surface area is 63.9 Å². The minimum absolute atomic E-state index is 0.409. The average Bonchev–Trinajstić information content (AvgIpc) is 2.07. The lowest BCUT2D eigenvalue weighted by molar-refractivity contribution is 0.888. The van der Waals surface area contributed by atoms with Crippen molar-refractivity contribution in [2.45, 2.75) is 6.54 Å². The molecule has 0 saturated carbocycles. The summed E-state index contributed by atoms with van der Waals surface area (Å²) in [5.74, 6) is 0. The van der Waals surface area contributed by atoms with Gasteiger partial charge in [-0.25, -0.2) is 0 Å². The van der Waals surface area contributed by atoms with Crippen LogP contribution < -0.4 is 0 Å². The number of benzene rings is 1. The van der Waals surface area contributed by atoms with Crippen LogP contribution in [0.1, 0.15) is 5.56 Å². The summed E-state index contributed by atoms with van der Waals surface area (Å²) in [6, 6.07) is 9.53. The molecule has 4 heteroatoms. The van der Waals surface area contributed by atoms with Gasteiger partial charge in [-0.1, -0.05) is 30.3 Å². The molecule has 0 saturated heterocycles. The third-order valence-corrected chi connectivity index (χ3v) is 1.20. The van der Waals surface area contributed by atoms with E-state index in [1.165, 1.54) is 0 Å². The van der Waals surface area contributed by atoms with Gasteiger partial charge in [-0.2, -0.15) is 5.11 Å². The van der Waals surface area contributed by atoms with Gasteiger partial charge in [0.1, 0.15) is 5.29 Å². The highest BCUT2D eigenvalue weighted by Gasteiger charge is 1.85. The van der Waals surface area contributed by atoms with Gasteiger partial charge in [-0.05, 0) is 10.8 Å². The maximum absolute atomic E-state index is 9.48. The summed E-state index contributed by atoms with van der Waals surface area (Å²) in [5.41, 5.74) is 1.01. The summed E-state index contributed by atoms with van der Waals surface area (Å²) >= 11 is 0. The molecule has 0 aromatic heterocycles. The lowest BCUT2D eigenvalue weighted by Gasteiger charge is -1.90. The summed E-state index contributed by atoms with van der Waals surface area (Å²) in [6.45, 7) is 0.409. The molecule has 4 nitrogen and oxygen atoms in total. The number of hydrogen-bond donors (Lipinski definition) is 0. The molecule has 56 valence electrons. The Balaban J connectivity index is 2.51. The van der Waals surface area contributed by atoms with Gasteiger partial charge >= 0.3 is 0 Å². The molecular formula is C7H7N3O. The van der Waals surface area contributed by atoms with Crippen molar-refractivity contribution in [1.29, 1.82) is 0 Å². The first-order valence-electron chi connectivity index (χ1n) is 3.16. The molecule has 11 heavy (non-hydrogen) atoms. The van der Waals surface area contributed by atoms with E-state index in [4.69, 9.17) is 0 Å². The third kappa shape index (κ3) is 2.66. The second-order valence-corrected chi connectivity index (χ2v) is 1.96. The van der Waals surface area contributed by atoms with Gasteiger partial charge in [-0.15, -0.1) is 4.91 Å². The number of rotatable bonds is 3. The van der Waals surface area contributed by atoms with Gasteiger partial charge in [0.05, 0.1) is 6.54 Å². The van der Waals surface area contributed by atoms with E-state index in [-0.39, 0.29) is 0 Å². The van der Waals surface area contributed by atoms with E-state index < -0.39 is 0 Å². The zero-order chi connectivity index (χ0) is 7.94. The molecular weight excluding hydrogens is 142 g/mol. The van der Waals surface area contributed by atoms with E-state index in [0.29, 0.717) is 6.54 Å². The predicted molar refractivity (Wildman–Crippen MR) is 40.8 cm³/mol. The van der Waals surface area contributed by atoms with E-state index in [1.54, 1.807) is 0 Å². The second-order valence-electron chi connectivity index (χ2n) is 1.96. The van der Waals surface area contributed by atoms with Gasteiger partial charge in [0, 0.05) is 0 Å². The van der Waals surface area contributed by atoms with Crippen LogP contribution in [-0.2, 0) is 6.54 Å². The second kappa shape index (κ2) is 4.27. The largest absolute Gasteiger partial charge is 0.161 e. The molecule has 0 spiro atoms. The zero-order valence-electron chi connectivity index (χ0n) is 5.84. The van der Waals surface area contributed by atoms with Crippen molar-refractivity contribution in [2.24, 2.45) is 15.6 Å². The molecule has 0 heterocycles. The molecule has 1 aromatic rings. The third-order valence-electron chi connectivity index (χ3n) is 1.20. The molecule has 1 aromatic carbocycles. The quantitative estimate of drug-likeness (QED) is 0.369. The first kappa shape index (κ1) is 7.53. The van der Waals surface area contributed by atoms with Crippen LogP contribution in [0.25, 0.3) is 0 Å². The number of nitroso groups, excluding NO2 is 1. The van der Waals surface area contributed by atoms with Crippen molar-refractivity contribution < 1.29 is 0 Å². The van der Waals surface area contributed by atoms with Gasteiger partial charge in [-0.3, -0.25) is 0 Å². The molecule has 1 rings (SSSR count). The predicted octanol–water partition coefficient (Wildman–Crippen LogP) is 2.32.